The van der Waals surface area contributed by atoms with E-state index in [0.29, 0.717) is 17.1 Å². The van der Waals surface area contributed by atoms with Crippen LogP contribution in [0.25, 0.3) is 0 Å². The van der Waals surface area contributed by atoms with Gasteiger partial charge in [-0.25, -0.2) is 4.39 Å². The Bertz CT molecular complexity index is 671. The highest BCUT2D eigenvalue weighted by molar-refractivity contribution is 5.97. The van der Waals surface area contributed by atoms with Crippen LogP contribution in [0.5, 0.6) is 11.5 Å². The predicted octanol–water partition coefficient (Wildman–Crippen LogP) is 3.01. The largest absolute Gasteiger partial charge is 0.496 e. The molecule has 0 aliphatic rings. The zero-order valence-corrected chi connectivity index (χ0v) is 11.9. The Morgan fingerprint density at radius 2 is 1.95 bits per heavy atom. The van der Waals surface area contributed by atoms with E-state index in [1.165, 1.54) is 19.2 Å². The Labute approximate surface area is 122 Å². The third-order valence-corrected chi connectivity index (χ3v) is 3.10. The van der Waals surface area contributed by atoms with Gasteiger partial charge in [0, 0.05) is 6.07 Å². The molecule has 4 nitrogen and oxygen atoms in total. The first-order valence-electron chi connectivity index (χ1n) is 6.41. The highest BCUT2D eigenvalue weighted by Gasteiger charge is 2.08. The van der Waals surface area contributed by atoms with Crippen LogP contribution in [0.1, 0.15) is 16.7 Å². The summed E-state index contributed by atoms with van der Waals surface area (Å²) in [6.07, 6.45) is 0. The molecule has 2 aromatic rings. The van der Waals surface area contributed by atoms with Gasteiger partial charge in [-0.05, 0) is 36.2 Å². The highest BCUT2D eigenvalue weighted by Crippen LogP contribution is 2.23. The molecule has 0 amide bonds. The smallest absolute Gasteiger partial charge is 0.129 e. The summed E-state index contributed by atoms with van der Waals surface area (Å²) in [6.45, 7) is 2.11. The Morgan fingerprint density at radius 3 is 2.62 bits per heavy atom. The molecular formula is C16H17FN2O2. The number of nitrogen functional groups attached to an aromatic ring is 1. The molecule has 2 rings (SSSR count). The van der Waals surface area contributed by atoms with Crippen molar-refractivity contribution in [3.05, 3.63) is 58.9 Å². The maximum Gasteiger partial charge on any atom is 0.129 e. The number of ether oxygens (including phenoxy) is 2. The van der Waals surface area contributed by atoms with Crippen LogP contribution in [0, 0.1) is 18.2 Å². The van der Waals surface area contributed by atoms with E-state index in [0.717, 1.165) is 11.1 Å². The number of nitrogens with one attached hydrogen (secondary N) is 1. The van der Waals surface area contributed by atoms with Crippen molar-refractivity contribution in [2.24, 2.45) is 5.73 Å². The minimum absolute atomic E-state index is 0.0735. The minimum Gasteiger partial charge on any atom is -0.496 e. The molecule has 21 heavy (non-hydrogen) atoms. The van der Waals surface area contributed by atoms with Gasteiger partial charge in [-0.3, -0.25) is 5.41 Å². The van der Waals surface area contributed by atoms with Crippen molar-refractivity contribution in [3.63, 3.8) is 0 Å². The maximum absolute atomic E-state index is 13.2. The van der Waals surface area contributed by atoms with E-state index < -0.39 is 0 Å². The Morgan fingerprint density at radius 1 is 1.19 bits per heavy atom. The Hall–Kier alpha value is -2.56. The van der Waals surface area contributed by atoms with Crippen LogP contribution in [-0.2, 0) is 6.61 Å². The van der Waals surface area contributed by atoms with Crippen molar-refractivity contribution < 1.29 is 13.9 Å². The van der Waals surface area contributed by atoms with Crippen molar-refractivity contribution in [1.82, 2.24) is 0 Å². The molecule has 0 saturated carbocycles. The fraction of sp³-hybridized carbons (Fsp3) is 0.188. The number of benzene rings is 2. The third-order valence-electron chi connectivity index (χ3n) is 3.10. The quantitative estimate of drug-likeness (QED) is 0.656. The van der Waals surface area contributed by atoms with Gasteiger partial charge in [0.2, 0.25) is 0 Å². The van der Waals surface area contributed by atoms with Gasteiger partial charge in [-0.1, -0.05) is 12.1 Å². The van der Waals surface area contributed by atoms with Crippen molar-refractivity contribution in [2.75, 3.05) is 7.11 Å². The third kappa shape index (κ3) is 3.51. The monoisotopic (exact) mass is 288 g/mol. The molecule has 2 aromatic carbocycles. The van der Waals surface area contributed by atoms with E-state index in [-0.39, 0.29) is 18.3 Å². The normalized spacial score (nSPS) is 10.2. The number of nitrogens with two attached hydrogens (primary N) is 1. The molecule has 3 N–H and O–H groups in total. The van der Waals surface area contributed by atoms with E-state index in [1.807, 2.05) is 13.0 Å². The lowest BCUT2D eigenvalue weighted by molar-refractivity contribution is 0.302. The number of hydrogen-bond acceptors (Lipinski definition) is 3. The molecule has 0 aromatic heterocycles. The SMILES string of the molecule is COc1ccc(COc2cc(F)ccc2C)cc1C(=N)N. The van der Waals surface area contributed by atoms with E-state index in [2.05, 4.69) is 0 Å². The van der Waals surface area contributed by atoms with Crippen molar-refractivity contribution in [2.45, 2.75) is 13.5 Å². The van der Waals surface area contributed by atoms with Crippen molar-refractivity contribution in [1.29, 1.82) is 5.41 Å². The zero-order valence-electron chi connectivity index (χ0n) is 11.9. The first-order chi connectivity index (χ1) is 10.0. The maximum atomic E-state index is 13.2. The van der Waals surface area contributed by atoms with Crippen molar-refractivity contribution >= 4 is 5.84 Å². The lowest BCUT2D eigenvalue weighted by Gasteiger charge is -2.12. The molecule has 0 aliphatic carbocycles. The standard InChI is InChI=1S/C16H17FN2O2/c1-10-3-5-12(17)8-15(10)21-9-11-4-6-14(20-2)13(7-11)16(18)19/h3-8H,9H2,1-2H3,(H3,18,19). The van der Waals surface area contributed by atoms with Gasteiger partial charge in [0.25, 0.3) is 0 Å². The van der Waals surface area contributed by atoms with E-state index in [9.17, 15) is 4.39 Å². The van der Waals surface area contributed by atoms with Gasteiger partial charge in [0.05, 0.1) is 12.7 Å². The van der Waals surface area contributed by atoms with E-state index in [4.69, 9.17) is 20.6 Å². The van der Waals surface area contributed by atoms with Crippen LogP contribution in [0.15, 0.2) is 36.4 Å². The molecule has 0 fully saturated rings. The zero-order chi connectivity index (χ0) is 15.4. The van der Waals surface area contributed by atoms with Gasteiger partial charge in [0.1, 0.15) is 29.8 Å². The Kier molecular flexibility index (Phi) is 4.42. The fourth-order valence-corrected chi connectivity index (χ4v) is 1.95. The molecule has 5 heteroatoms. The first kappa shape index (κ1) is 14.8. The molecule has 0 atom stereocenters. The fourth-order valence-electron chi connectivity index (χ4n) is 1.95. The number of rotatable bonds is 5. The molecular weight excluding hydrogens is 271 g/mol. The summed E-state index contributed by atoms with van der Waals surface area (Å²) in [5.41, 5.74) is 7.71. The van der Waals surface area contributed by atoms with Crippen LogP contribution < -0.4 is 15.2 Å². The molecule has 0 heterocycles. The molecule has 0 unspecified atom stereocenters. The molecule has 0 radical (unpaired) electrons. The summed E-state index contributed by atoms with van der Waals surface area (Å²) >= 11 is 0. The second-order valence-corrected chi connectivity index (χ2v) is 4.65. The van der Waals surface area contributed by atoms with Gasteiger partial charge < -0.3 is 15.2 Å². The molecule has 0 saturated heterocycles. The highest BCUT2D eigenvalue weighted by atomic mass is 19.1. The van der Waals surface area contributed by atoms with E-state index >= 15 is 0 Å². The Balaban J connectivity index is 2.18. The molecule has 0 aliphatic heterocycles. The molecule has 0 bridgehead atoms. The number of hydrogen-bond donors (Lipinski definition) is 2. The molecule has 110 valence electrons. The second-order valence-electron chi connectivity index (χ2n) is 4.65. The van der Waals surface area contributed by atoms with Crippen LogP contribution in [-0.4, -0.2) is 12.9 Å². The topological polar surface area (TPSA) is 68.3 Å². The average molecular weight is 288 g/mol. The summed E-state index contributed by atoms with van der Waals surface area (Å²) in [6, 6.07) is 9.69. The summed E-state index contributed by atoms with van der Waals surface area (Å²) in [7, 11) is 1.52. The summed E-state index contributed by atoms with van der Waals surface area (Å²) in [5.74, 6) is 0.619. The van der Waals surface area contributed by atoms with Crippen LogP contribution in [0.3, 0.4) is 0 Å². The van der Waals surface area contributed by atoms with Gasteiger partial charge >= 0.3 is 0 Å². The number of aryl methyl sites for hydroxylation is 1. The van der Waals surface area contributed by atoms with Crippen LogP contribution >= 0.6 is 0 Å². The van der Waals surface area contributed by atoms with Crippen LogP contribution in [0.4, 0.5) is 4.39 Å². The van der Waals surface area contributed by atoms with Gasteiger partial charge in [0.15, 0.2) is 0 Å². The van der Waals surface area contributed by atoms with Crippen molar-refractivity contribution in [3.8, 4) is 11.5 Å². The first-order valence-corrected chi connectivity index (χ1v) is 6.41. The van der Waals surface area contributed by atoms with E-state index in [1.54, 1.807) is 18.2 Å². The number of amidine groups is 1. The van der Waals surface area contributed by atoms with Gasteiger partial charge in [-0.2, -0.15) is 0 Å². The lowest BCUT2D eigenvalue weighted by Crippen LogP contribution is -2.13. The minimum atomic E-state index is -0.338. The summed E-state index contributed by atoms with van der Waals surface area (Å²) in [4.78, 5) is 0. The number of halogens is 1. The van der Waals surface area contributed by atoms with Crippen LogP contribution in [0.2, 0.25) is 0 Å². The average Bonchev–Trinajstić information content (AvgIpc) is 2.47. The lowest BCUT2D eigenvalue weighted by atomic mass is 10.1. The predicted molar refractivity (Wildman–Crippen MR) is 79.5 cm³/mol. The summed E-state index contributed by atoms with van der Waals surface area (Å²) in [5, 5.41) is 7.54. The number of methoxy groups -OCH3 is 1. The molecule has 0 spiro atoms. The van der Waals surface area contributed by atoms with Gasteiger partial charge in [-0.15, -0.1) is 0 Å². The summed E-state index contributed by atoms with van der Waals surface area (Å²) < 4.78 is 24.0. The second kappa shape index (κ2) is 6.26.